The maximum Gasteiger partial charge on any atom is 0.295 e. The van der Waals surface area contributed by atoms with Crippen LogP contribution in [-0.2, 0) is 9.59 Å². The molecule has 1 N–H and O–H groups in total. The van der Waals surface area contributed by atoms with Gasteiger partial charge in [-0.1, -0.05) is 19.4 Å². The molecule has 2 aromatic rings. The van der Waals surface area contributed by atoms with E-state index in [9.17, 15) is 14.7 Å². The Morgan fingerprint density at radius 2 is 2.00 bits per heavy atom. The van der Waals surface area contributed by atoms with Gasteiger partial charge in [-0.3, -0.25) is 14.6 Å². The van der Waals surface area contributed by atoms with Crippen LogP contribution in [0.2, 0.25) is 0 Å². The number of unbranched alkanes of at least 4 members (excludes halogenated alkanes) is 1. The number of nitrogens with zero attached hydrogens (tertiary/aromatic N) is 2. The highest BCUT2D eigenvalue weighted by Crippen LogP contribution is 2.40. The summed E-state index contributed by atoms with van der Waals surface area (Å²) >= 11 is 0. The van der Waals surface area contributed by atoms with Gasteiger partial charge in [0, 0.05) is 24.5 Å². The molecule has 1 saturated heterocycles. The summed E-state index contributed by atoms with van der Waals surface area (Å²) < 4.78 is 11.1. The number of Topliss-reactive ketones (excluding diaryl/α,β-unsaturated/α-hetero) is 1. The molecule has 29 heavy (non-hydrogen) atoms. The maximum absolute atomic E-state index is 12.9. The third-order valence-corrected chi connectivity index (χ3v) is 5.11. The first-order chi connectivity index (χ1) is 14.1. The van der Waals surface area contributed by atoms with E-state index in [1.807, 2.05) is 6.92 Å². The number of fused-ring (bicyclic) bond motifs is 1. The van der Waals surface area contributed by atoms with Gasteiger partial charge < -0.3 is 19.5 Å². The highest BCUT2D eigenvalue weighted by molar-refractivity contribution is 6.46. The Balaban J connectivity index is 1.82. The minimum absolute atomic E-state index is 0.0655. The zero-order valence-corrected chi connectivity index (χ0v) is 16.1. The number of likely N-dealkylation sites (tertiary alicyclic amines) is 1. The summed E-state index contributed by atoms with van der Waals surface area (Å²) in [6.45, 7) is 3.32. The topological polar surface area (TPSA) is 89.0 Å². The van der Waals surface area contributed by atoms with Crippen LogP contribution in [0.3, 0.4) is 0 Å². The summed E-state index contributed by atoms with van der Waals surface area (Å²) in [7, 11) is 0. The molecule has 0 bridgehead atoms. The van der Waals surface area contributed by atoms with Gasteiger partial charge in [-0.25, -0.2) is 0 Å². The number of ether oxygens (including phenoxy) is 2. The Morgan fingerprint density at radius 1 is 1.21 bits per heavy atom. The number of rotatable bonds is 5. The molecular formula is C22H22N2O5. The Labute approximate surface area is 168 Å². The number of carbonyl (C=O) groups is 2. The molecule has 2 aliphatic heterocycles. The molecule has 7 nitrogen and oxygen atoms in total. The van der Waals surface area contributed by atoms with Gasteiger partial charge in [0.1, 0.15) is 19.0 Å². The summed E-state index contributed by atoms with van der Waals surface area (Å²) in [6, 6.07) is 7.85. The summed E-state index contributed by atoms with van der Waals surface area (Å²) in [5.74, 6) is -0.444. The molecule has 1 unspecified atom stereocenters. The highest BCUT2D eigenvalue weighted by Gasteiger charge is 2.45. The van der Waals surface area contributed by atoms with Crippen LogP contribution in [0, 0.1) is 0 Å². The summed E-state index contributed by atoms with van der Waals surface area (Å²) in [6.07, 6.45) is 4.88. The van der Waals surface area contributed by atoms with Crippen LogP contribution in [-0.4, -0.2) is 46.4 Å². The van der Waals surface area contributed by atoms with Crippen LogP contribution in [0.1, 0.15) is 36.9 Å². The van der Waals surface area contributed by atoms with E-state index in [-0.39, 0.29) is 11.3 Å². The van der Waals surface area contributed by atoms with E-state index >= 15 is 0 Å². The smallest absolute Gasteiger partial charge is 0.295 e. The van der Waals surface area contributed by atoms with Gasteiger partial charge >= 0.3 is 0 Å². The average Bonchev–Trinajstić information content (AvgIpc) is 3.02. The normalized spacial score (nSPS) is 20.2. The molecule has 0 radical (unpaired) electrons. The van der Waals surface area contributed by atoms with Crippen LogP contribution >= 0.6 is 0 Å². The van der Waals surface area contributed by atoms with Gasteiger partial charge in [-0.15, -0.1) is 0 Å². The number of hydrogen-bond donors (Lipinski definition) is 1. The van der Waals surface area contributed by atoms with Crippen molar-refractivity contribution < 1.29 is 24.2 Å². The zero-order valence-electron chi connectivity index (χ0n) is 16.1. The van der Waals surface area contributed by atoms with E-state index < -0.39 is 17.7 Å². The van der Waals surface area contributed by atoms with E-state index in [1.165, 1.54) is 4.90 Å². The molecule has 1 atom stereocenters. The summed E-state index contributed by atoms with van der Waals surface area (Å²) in [5, 5.41) is 11.0. The number of hydrogen-bond acceptors (Lipinski definition) is 6. The number of pyridine rings is 1. The fourth-order valence-corrected chi connectivity index (χ4v) is 3.67. The maximum atomic E-state index is 12.9. The fourth-order valence-electron chi connectivity index (χ4n) is 3.67. The van der Waals surface area contributed by atoms with Crippen LogP contribution in [0.5, 0.6) is 11.5 Å². The Hall–Kier alpha value is -3.35. The molecule has 0 aliphatic carbocycles. The molecular weight excluding hydrogens is 372 g/mol. The lowest BCUT2D eigenvalue weighted by atomic mass is 9.96. The van der Waals surface area contributed by atoms with Crippen molar-refractivity contribution in [3.63, 3.8) is 0 Å². The third kappa shape index (κ3) is 3.44. The molecule has 150 valence electrons. The van der Waals surface area contributed by atoms with Gasteiger partial charge in [0.2, 0.25) is 0 Å². The van der Waals surface area contributed by atoms with Crippen LogP contribution in [0.4, 0.5) is 0 Å². The molecule has 0 spiro atoms. The second-order valence-electron chi connectivity index (χ2n) is 6.99. The number of benzene rings is 1. The monoisotopic (exact) mass is 394 g/mol. The van der Waals surface area contributed by atoms with E-state index in [1.54, 1.807) is 42.7 Å². The van der Waals surface area contributed by atoms with Gasteiger partial charge in [-0.05, 0) is 36.2 Å². The van der Waals surface area contributed by atoms with Crippen molar-refractivity contribution in [2.24, 2.45) is 0 Å². The van der Waals surface area contributed by atoms with Crippen molar-refractivity contribution >= 4 is 17.4 Å². The molecule has 7 heteroatoms. The second kappa shape index (κ2) is 7.95. The van der Waals surface area contributed by atoms with Gasteiger partial charge in [0.05, 0.1) is 11.6 Å². The van der Waals surface area contributed by atoms with Crippen LogP contribution < -0.4 is 9.47 Å². The fraction of sp³-hybridized carbons (Fsp3) is 0.318. The predicted octanol–water partition coefficient (Wildman–Crippen LogP) is 3.07. The van der Waals surface area contributed by atoms with Crippen LogP contribution in [0.15, 0.2) is 48.3 Å². The number of aromatic nitrogens is 1. The zero-order chi connectivity index (χ0) is 20.4. The second-order valence-corrected chi connectivity index (χ2v) is 6.99. The van der Waals surface area contributed by atoms with E-state index in [4.69, 9.17) is 9.47 Å². The van der Waals surface area contributed by atoms with Crippen molar-refractivity contribution in [1.82, 2.24) is 9.88 Å². The minimum Gasteiger partial charge on any atom is -0.507 e. The third-order valence-electron chi connectivity index (χ3n) is 5.11. The minimum atomic E-state index is -0.692. The van der Waals surface area contributed by atoms with Crippen molar-refractivity contribution in [2.75, 3.05) is 19.8 Å². The first kappa shape index (κ1) is 19.0. The van der Waals surface area contributed by atoms with Gasteiger partial charge in [0.15, 0.2) is 11.5 Å². The number of carbonyl (C=O) groups excluding carboxylic acids is 2. The van der Waals surface area contributed by atoms with Gasteiger partial charge in [-0.2, -0.15) is 0 Å². The Kier molecular flexibility index (Phi) is 5.20. The number of amides is 1. The first-order valence-corrected chi connectivity index (χ1v) is 9.70. The number of aliphatic hydroxyl groups excluding tert-OH is 1. The average molecular weight is 394 g/mol. The Bertz CT molecular complexity index is 970. The van der Waals surface area contributed by atoms with Gasteiger partial charge in [0.25, 0.3) is 11.7 Å². The Morgan fingerprint density at radius 3 is 2.72 bits per heavy atom. The van der Waals surface area contributed by atoms with E-state index in [0.717, 1.165) is 12.8 Å². The molecule has 0 saturated carbocycles. The molecule has 2 aliphatic rings. The van der Waals surface area contributed by atoms with Crippen molar-refractivity contribution in [1.29, 1.82) is 0 Å². The number of aliphatic hydroxyl groups is 1. The van der Waals surface area contributed by atoms with E-state index in [0.29, 0.717) is 42.4 Å². The lowest BCUT2D eigenvalue weighted by molar-refractivity contribution is -0.139. The quantitative estimate of drug-likeness (QED) is 0.476. The first-order valence-electron chi connectivity index (χ1n) is 9.70. The predicted molar refractivity (Wildman–Crippen MR) is 106 cm³/mol. The standard InChI is InChI=1S/C22H22N2O5/c1-2-3-9-24-19(15-5-4-8-23-13-15)18(21(26)22(24)27)20(25)14-6-7-16-17(12-14)29-11-10-28-16/h4-8,12-13,19,25H,2-3,9-11H2,1H3/b20-18-. The van der Waals surface area contributed by atoms with Crippen molar-refractivity contribution in [3.8, 4) is 11.5 Å². The molecule has 3 heterocycles. The summed E-state index contributed by atoms with van der Waals surface area (Å²) in [4.78, 5) is 31.3. The SMILES string of the molecule is CCCCN1C(=O)C(=O)/C(=C(\O)c2ccc3c(c2)OCCO3)C1c1cccnc1. The molecule has 1 fully saturated rings. The van der Waals surface area contributed by atoms with E-state index in [2.05, 4.69) is 4.98 Å². The molecule has 1 aromatic heterocycles. The van der Waals surface area contributed by atoms with Crippen LogP contribution in [0.25, 0.3) is 5.76 Å². The number of ketones is 1. The molecule has 1 amide bonds. The van der Waals surface area contributed by atoms with Crippen molar-refractivity contribution in [3.05, 3.63) is 59.4 Å². The molecule has 1 aromatic carbocycles. The lowest BCUT2D eigenvalue weighted by Crippen LogP contribution is -2.30. The molecule has 4 rings (SSSR count). The lowest BCUT2D eigenvalue weighted by Gasteiger charge is -2.25. The largest absolute Gasteiger partial charge is 0.507 e. The highest BCUT2D eigenvalue weighted by atomic mass is 16.6. The van der Waals surface area contributed by atoms with Crippen molar-refractivity contribution in [2.45, 2.75) is 25.8 Å². The summed E-state index contributed by atoms with van der Waals surface area (Å²) in [5.41, 5.74) is 1.15.